The number of aliphatic hydroxyl groups is 3. The summed E-state index contributed by atoms with van der Waals surface area (Å²) in [4.78, 5) is 13.6. The monoisotopic (exact) mass is 335 g/mol. The summed E-state index contributed by atoms with van der Waals surface area (Å²) in [5.74, 6) is 0. The third kappa shape index (κ3) is 2.23. The minimum Gasteiger partial charge on any atom is -0.394 e. The number of nitrogens with zero attached hydrogens (tertiary/aromatic N) is 5. The molecule has 0 unspecified atom stereocenters. The summed E-state index contributed by atoms with van der Waals surface area (Å²) in [5.41, 5.74) is 1.66. The highest BCUT2D eigenvalue weighted by Crippen LogP contribution is 2.33. The molecular formula is C13H13N5O4S. The van der Waals surface area contributed by atoms with Gasteiger partial charge < -0.3 is 20.1 Å². The van der Waals surface area contributed by atoms with E-state index in [2.05, 4.69) is 19.3 Å². The maximum atomic E-state index is 10.2. The van der Waals surface area contributed by atoms with Crippen LogP contribution in [0.1, 0.15) is 6.23 Å². The van der Waals surface area contributed by atoms with E-state index in [0.717, 1.165) is 4.88 Å². The molecule has 0 spiro atoms. The van der Waals surface area contributed by atoms with Gasteiger partial charge in [0.15, 0.2) is 11.9 Å². The Bertz CT molecular complexity index is 823. The van der Waals surface area contributed by atoms with E-state index in [1.165, 1.54) is 28.8 Å². The van der Waals surface area contributed by atoms with E-state index in [0.29, 0.717) is 16.9 Å². The van der Waals surface area contributed by atoms with E-state index >= 15 is 0 Å². The molecule has 0 saturated carbocycles. The van der Waals surface area contributed by atoms with Crippen LogP contribution in [-0.2, 0) is 4.74 Å². The van der Waals surface area contributed by atoms with Crippen molar-refractivity contribution >= 4 is 22.7 Å². The van der Waals surface area contributed by atoms with E-state index in [-0.39, 0.29) is 6.61 Å². The van der Waals surface area contributed by atoms with Gasteiger partial charge in [0.05, 0.1) is 17.8 Å². The van der Waals surface area contributed by atoms with Crippen molar-refractivity contribution in [1.82, 2.24) is 23.9 Å². The largest absolute Gasteiger partial charge is 0.394 e. The Hall–Kier alpha value is -1.98. The van der Waals surface area contributed by atoms with Crippen LogP contribution < -0.4 is 0 Å². The molecule has 0 aromatic carbocycles. The van der Waals surface area contributed by atoms with Gasteiger partial charge in [-0.3, -0.25) is 4.57 Å². The lowest BCUT2D eigenvalue weighted by atomic mass is 10.1. The second-order valence-corrected chi connectivity index (χ2v) is 5.99. The van der Waals surface area contributed by atoms with E-state index in [1.807, 2.05) is 6.07 Å². The number of fused-ring (bicyclic) bond motifs is 1. The summed E-state index contributed by atoms with van der Waals surface area (Å²) in [6, 6.07) is 1.83. The Morgan fingerprint density at radius 1 is 1.22 bits per heavy atom. The summed E-state index contributed by atoms with van der Waals surface area (Å²) in [5, 5.41) is 29.3. The first-order valence-electron chi connectivity index (χ1n) is 6.91. The van der Waals surface area contributed by atoms with Crippen molar-refractivity contribution < 1.29 is 20.1 Å². The van der Waals surface area contributed by atoms with Gasteiger partial charge in [0.2, 0.25) is 0 Å². The normalized spacial score (nSPS) is 27.8. The maximum Gasteiger partial charge on any atom is 0.166 e. The molecule has 4 atom stereocenters. The fourth-order valence-electron chi connectivity index (χ4n) is 2.67. The van der Waals surface area contributed by atoms with Crippen LogP contribution in [0.25, 0.3) is 21.7 Å². The Labute approximate surface area is 134 Å². The molecule has 1 aliphatic rings. The summed E-state index contributed by atoms with van der Waals surface area (Å²) in [6.07, 6.45) is 0.459. The first-order valence-corrected chi connectivity index (χ1v) is 7.69. The van der Waals surface area contributed by atoms with Gasteiger partial charge in [0, 0.05) is 6.20 Å². The van der Waals surface area contributed by atoms with Gasteiger partial charge in [-0.15, -0.1) is 0 Å². The van der Waals surface area contributed by atoms with Gasteiger partial charge in [-0.2, -0.15) is 0 Å². The lowest BCUT2D eigenvalue weighted by Gasteiger charge is -2.16. The number of aromatic nitrogens is 5. The standard InChI is InChI=1S/C13H13N5O4S/c19-3-6-10(20)11(21)13(22-6)18-5-16-9-8(7-1-2-17-23-7)14-4-15-12(9)18/h1-2,4-6,10-11,13,19-21H,3H2/t6-,10-,11-,13-/m1/s1. The topological polar surface area (TPSA) is 126 Å². The van der Waals surface area contributed by atoms with Gasteiger partial charge in [0.25, 0.3) is 0 Å². The fraction of sp³-hybridized carbons (Fsp3) is 0.385. The number of ether oxygens (including phenoxy) is 1. The van der Waals surface area contributed by atoms with E-state index in [1.54, 1.807) is 6.20 Å². The lowest BCUT2D eigenvalue weighted by molar-refractivity contribution is -0.0511. The molecule has 3 aromatic heterocycles. The van der Waals surface area contributed by atoms with Crippen LogP contribution in [0.2, 0.25) is 0 Å². The maximum absolute atomic E-state index is 10.2. The van der Waals surface area contributed by atoms with Crippen LogP contribution >= 0.6 is 11.5 Å². The SMILES string of the molecule is OC[C@H]1O[C@@H](n2cnc3c(-c4ccns4)ncnc32)[C@H](O)[C@@H]1O. The molecule has 4 heterocycles. The molecule has 1 aliphatic heterocycles. The Kier molecular flexibility index (Phi) is 3.54. The minimum absolute atomic E-state index is 0.386. The van der Waals surface area contributed by atoms with Gasteiger partial charge in [-0.1, -0.05) is 0 Å². The highest BCUT2D eigenvalue weighted by molar-refractivity contribution is 7.09. The molecule has 9 nitrogen and oxygen atoms in total. The number of imidazole rings is 1. The van der Waals surface area contributed by atoms with Crippen molar-refractivity contribution in [3.8, 4) is 10.6 Å². The molecule has 3 N–H and O–H groups in total. The van der Waals surface area contributed by atoms with Crippen molar-refractivity contribution in [2.24, 2.45) is 0 Å². The average Bonchev–Trinajstić information content (AvgIpc) is 3.28. The third-order valence-corrected chi connectivity index (χ3v) is 4.57. The molecule has 0 bridgehead atoms. The summed E-state index contributed by atoms with van der Waals surface area (Å²) in [6.45, 7) is -0.386. The molecule has 0 radical (unpaired) electrons. The van der Waals surface area contributed by atoms with Crippen LogP contribution in [-0.4, -0.2) is 64.1 Å². The molecule has 23 heavy (non-hydrogen) atoms. The number of aliphatic hydroxyl groups excluding tert-OH is 3. The fourth-order valence-corrected chi connectivity index (χ4v) is 3.26. The smallest absolute Gasteiger partial charge is 0.166 e. The summed E-state index contributed by atoms with van der Waals surface area (Å²) < 4.78 is 11.1. The zero-order valence-corrected chi connectivity index (χ0v) is 12.5. The van der Waals surface area contributed by atoms with Crippen molar-refractivity contribution in [1.29, 1.82) is 0 Å². The molecule has 0 amide bonds. The van der Waals surface area contributed by atoms with E-state index in [9.17, 15) is 15.3 Å². The Morgan fingerprint density at radius 2 is 2.09 bits per heavy atom. The number of rotatable bonds is 3. The molecule has 1 saturated heterocycles. The quantitative estimate of drug-likeness (QED) is 0.588. The Morgan fingerprint density at radius 3 is 2.78 bits per heavy atom. The van der Waals surface area contributed by atoms with Gasteiger partial charge in [-0.05, 0) is 17.6 Å². The summed E-state index contributed by atoms with van der Waals surface area (Å²) >= 11 is 1.29. The third-order valence-electron chi connectivity index (χ3n) is 3.82. The first kappa shape index (κ1) is 14.6. The lowest BCUT2D eigenvalue weighted by Crippen LogP contribution is -2.33. The van der Waals surface area contributed by atoms with Gasteiger partial charge in [0.1, 0.15) is 35.8 Å². The van der Waals surface area contributed by atoms with Gasteiger partial charge >= 0.3 is 0 Å². The minimum atomic E-state index is -1.19. The number of hydrogen-bond donors (Lipinski definition) is 3. The predicted octanol–water partition coefficient (Wildman–Crippen LogP) is -0.439. The van der Waals surface area contributed by atoms with Crippen LogP contribution in [0.15, 0.2) is 24.9 Å². The van der Waals surface area contributed by atoms with Crippen molar-refractivity contribution in [2.45, 2.75) is 24.5 Å². The highest BCUT2D eigenvalue weighted by Gasteiger charge is 2.44. The van der Waals surface area contributed by atoms with E-state index < -0.39 is 24.5 Å². The second-order valence-electron chi connectivity index (χ2n) is 5.15. The summed E-state index contributed by atoms with van der Waals surface area (Å²) in [7, 11) is 0. The molecule has 4 rings (SSSR count). The highest BCUT2D eigenvalue weighted by atomic mass is 32.1. The molecule has 120 valence electrons. The van der Waals surface area contributed by atoms with Crippen molar-refractivity contribution in [3.05, 3.63) is 24.9 Å². The van der Waals surface area contributed by atoms with E-state index in [4.69, 9.17) is 4.74 Å². The van der Waals surface area contributed by atoms with Crippen molar-refractivity contribution in [3.63, 3.8) is 0 Å². The zero-order chi connectivity index (χ0) is 16.0. The van der Waals surface area contributed by atoms with Gasteiger partial charge in [-0.25, -0.2) is 19.3 Å². The van der Waals surface area contributed by atoms with Crippen LogP contribution in [0, 0.1) is 0 Å². The number of hydrogen-bond acceptors (Lipinski definition) is 9. The predicted molar refractivity (Wildman–Crippen MR) is 79.4 cm³/mol. The Balaban J connectivity index is 1.80. The second kappa shape index (κ2) is 5.58. The van der Waals surface area contributed by atoms with Crippen molar-refractivity contribution in [2.75, 3.05) is 6.61 Å². The zero-order valence-electron chi connectivity index (χ0n) is 11.7. The average molecular weight is 335 g/mol. The molecule has 1 fully saturated rings. The van der Waals surface area contributed by atoms with Crippen LogP contribution in [0.4, 0.5) is 0 Å². The first-order chi connectivity index (χ1) is 11.2. The molecular weight excluding hydrogens is 322 g/mol. The molecule has 3 aromatic rings. The van der Waals surface area contributed by atoms with Crippen LogP contribution in [0.3, 0.4) is 0 Å². The molecule has 10 heteroatoms. The molecule has 0 aliphatic carbocycles. The van der Waals surface area contributed by atoms with Crippen LogP contribution in [0.5, 0.6) is 0 Å².